The van der Waals surface area contributed by atoms with Crippen LogP contribution in [0, 0.1) is 13.8 Å². The first-order chi connectivity index (χ1) is 8.54. The molecule has 1 unspecified atom stereocenters. The third-order valence-corrected chi connectivity index (χ3v) is 3.27. The Labute approximate surface area is 107 Å². The summed E-state index contributed by atoms with van der Waals surface area (Å²) in [5, 5.41) is 14.8. The molecule has 96 valence electrons. The summed E-state index contributed by atoms with van der Waals surface area (Å²) in [4.78, 5) is 0. The van der Waals surface area contributed by atoms with E-state index >= 15 is 0 Å². The molecule has 2 rings (SSSR count). The number of aryl methyl sites for hydroxylation is 2. The summed E-state index contributed by atoms with van der Waals surface area (Å²) in [7, 11) is 3.51. The third-order valence-electron chi connectivity index (χ3n) is 3.27. The number of aliphatic hydroxyl groups is 1. The molecule has 0 aliphatic rings. The Morgan fingerprint density at radius 3 is 2.28 bits per heavy atom. The highest BCUT2D eigenvalue weighted by molar-refractivity contribution is 5.37. The van der Waals surface area contributed by atoms with Gasteiger partial charge in [0.05, 0.1) is 12.8 Å². The molecule has 1 aromatic heterocycles. The fourth-order valence-electron chi connectivity index (χ4n) is 2.14. The van der Waals surface area contributed by atoms with E-state index in [1.54, 1.807) is 11.8 Å². The van der Waals surface area contributed by atoms with E-state index in [0.29, 0.717) is 0 Å². The SMILES string of the molecule is COc1ccc(C(O)c2c(C)nn(C)c2C)cc1. The second-order valence-corrected chi connectivity index (χ2v) is 4.38. The van der Waals surface area contributed by atoms with Crippen LogP contribution in [-0.2, 0) is 7.05 Å². The minimum Gasteiger partial charge on any atom is -0.497 e. The van der Waals surface area contributed by atoms with Gasteiger partial charge in [-0.25, -0.2) is 0 Å². The molecule has 0 spiro atoms. The Kier molecular flexibility index (Phi) is 3.39. The maximum Gasteiger partial charge on any atom is 0.118 e. The first-order valence-electron chi connectivity index (χ1n) is 5.86. The molecule has 0 amide bonds. The van der Waals surface area contributed by atoms with E-state index in [4.69, 9.17) is 4.74 Å². The summed E-state index contributed by atoms with van der Waals surface area (Å²) in [6, 6.07) is 7.43. The van der Waals surface area contributed by atoms with E-state index in [0.717, 1.165) is 28.3 Å². The van der Waals surface area contributed by atoms with Gasteiger partial charge in [-0.15, -0.1) is 0 Å². The molecular weight excluding hydrogens is 228 g/mol. The first-order valence-corrected chi connectivity index (χ1v) is 5.86. The fraction of sp³-hybridized carbons (Fsp3) is 0.357. The summed E-state index contributed by atoms with van der Waals surface area (Å²) in [5.41, 5.74) is 3.56. The van der Waals surface area contributed by atoms with Crippen LogP contribution in [0.1, 0.15) is 28.6 Å². The number of nitrogens with zero attached hydrogens (tertiary/aromatic N) is 2. The monoisotopic (exact) mass is 246 g/mol. The van der Waals surface area contributed by atoms with E-state index in [-0.39, 0.29) is 0 Å². The molecule has 0 saturated heterocycles. The molecule has 0 saturated carbocycles. The second-order valence-electron chi connectivity index (χ2n) is 4.38. The zero-order valence-electron chi connectivity index (χ0n) is 11.1. The van der Waals surface area contributed by atoms with Crippen molar-refractivity contribution >= 4 is 0 Å². The van der Waals surface area contributed by atoms with Crippen molar-refractivity contribution < 1.29 is 9.84 Å². The highest BCUT2D eigenvalue weighted by atomic mass is 16.5. The highest BCUT2D eigenvalue weighted by Gasteiger charge is 2.19. The molecule has 1 heterocycles. The van der Waals surface area contributed by atoms with Crippen LogP contribution < -0.4 is 4.74 Å². The van der Waals surface area contributed by atoms with Crippen LogP contribution >= 0.6 is 0 Å². The topological polar surface area (TPSA) is 47.3 Å². The van der Waals surface area contributed by atoms with Gasteiger partial charge in [0, 0.05) is 18.3 Å². The van der Waals surface area contributed by atoms with Gasteiger partial charge in [-0.2, -0.15) is 5.10 Å². The number of hydrogen-bond donors (Lipinski definition) is 1. The van der Waals surface area contributed by atoms with Crippen LogP contribution in [0.5, 0.6) is 5.75 Å². The number of rotatable bonds is 3. The first kappa shape index (κ1) is 12.6. The molecule has 0 aliphatic carbocycles. The number of methoxy groups -OCH3 is 1. The van der Waals surface area contributed by atoms with Gasteiger partial charge in [0.15, 0.2) is 0 Å². The number of aliphatic hydroxyl groups excluding tert-OH is 1. The lowest BCUT2D eigenvalue weighted by Gasteiger charge is -2.12. The Bertz CT molecular complexity index is 544. The standard InChI is InChI=1S/C14H18N2O2/c1-9-13(10(2)16(3)15-9)14(17)11-5-7-12(18-4)8-6-11/h5-8,14,17H,1-4H3. The lowest BCUT2D eigenvalue weighted by atomic mass is 10.00. The van der Waals surface area contributed by atoms with Gasteiger partial charge in [-0.1, -0.05) is 12.1 Å². The number of hydrogen-bond acceptors (Lipinski definition) is 3. The predicted octanol–water partition coefficient (Wildman–Crippen LogP) is 2.13. The number of aromatic nitrogens is 2. The molecule has 0 radical (unpaired) electrons. The molecule has 4 heteroatoms. The molecule has 0 bridgehead atoms. The van der Waals surface area contributed by atoms with E-state index in [9.17, 15) is 5.11 Å². The molecule has 1 atom stereocenters. The molecule has 18 heavy (non-hydrogen) atoms. The minimum atomic E-state index is -0.649. The predicted molar refractivity (Wildman–Crippen MR) is 69.7 cm³/mol. The van der Waals surface area contributed by atoms with Crippen molar-refractivity contribution in [2.24, 2.45) is 7.05 Å². The molecule has 1 N–H and O–H groups in total. The number of ether oxygens (including phenoxy) is 1. The summed E-state index contributed by atoms with van der Waals surface area (Å²) >= 11 is 0. The van der Waals surface area contributed by atoms with Crippen molar-refractivity contribution in [3.05, 3.63) is 46.8 Å². The van der Waals surface area contributed by atoms with Crippen LogP contribution in [0.4, 0.5) is 0 Å². The van der Waals surface area contributed by atoms with Crippen molar-refractivity contribution in [1.29, 1.82) is 0 Å². The smallest absolute Gasteiger partial charge is 0.118 e. The van der Waals surface area contributed by atoms with Crippen LogP contribution in [0.25, 0.3) is 0 Å². The van der Waals surface area contributed by atoms with E-state index in [1.165, 1.54) is 0 Å². The normalized spacial score (nSPS) is 12.5. The summed E-state index contributed by atoms with van der Waals surface area (Å²) < 4.78 is 6.90. The summed E-state index contributed by atoms with van der Waals surface area (Å²) in [6.07, 6.45) is -0.649. The lowest BCUT2D eigenvalue weighted by Crippen LogP contribution is -2.03. The molecule has 2 aromatic rings. The summed E-state index contributed by atoms with van der Waals surface area (Å²) in [5.74, 6) is 0.783. The van der Waals surface area contributed by atoms with Crippen LogP contribution in [0.2, 0.25) is 0 Å². The van der Waals surface area contributed by atoms with Crippen molar-refractivity contribution in [2.45, 2.75) is 20.0 Å². The van der Waals surface area contributed by atoms with E-state index < -0.39 is 6.10 Å². The molecule has 0 fully saturated rings. The largest absolute Gasteiger partial charge is 0.497 e. The van der Waals surface area contributed by atoms with Crippen molar-refractivity contribution in [2.75, 3.05) is 7.11 Å². The Balaban J connectivity index is 2.37. The van der Waals surface area contributed by atoms with Crippen LogP contribution in [-0.4, -0.2) is 22.0 Å². The van der Waals surface area contributed by atoms with Crippen LogP contribution in [0.3, 0.4) is 0 Å². The van der Waals surface area contributed by atoms with E-state index in [1.807, 2.05) is 45.2 Å². The average molecular weight is 246 g/mol. The zero-order chi connectivity index (χ0) is 13.3. The van der Waals surface area contributed by atoms with Gasteiger partial charge in [0.1, 0.15) is 11.9 Å². The zero-order valence-corrected chi connectivity index (χ0v) is 11.1. The van der Waals surface area contributed by atoms with Gasteiger partial charge >= 0.3 is 0 Å². The molecular formula is C14H18N2O2. The van der Waals surface area contributed by atoms with Gasteiger partial charge in [-0.3, -0.25) is 4.68 Å². The van der Waals surface area contributed by atoms with Gasteiger partial charge in [0.25, 0.3) is 0 Å². The Hall–Kier alpha value is -1.81. The van der Waals surface area contributed by atoms with E-state index in [2.05, 4.69) is 5.10 Å². The third kappa shape index (κ3) is 2.11. The average Bonchev–Trinajstić information content (AvgIpc) is 2.63. The second kappa shape index (κ2) is 4.82. The van der Waals surface area contributed by atoms with Gasteiger partial charge in [0.2, 0.25) is 0 Å². The van der Waals surface area contributed by atoms with Crippen LogP contribution in [0.15, 0.2) is 24.3 Å². The Morgan fingerprint density at radius 2 is 1.83 bits per heavy atom. The van der Waals surface area contributed by atoms with Crippen molar-refractivity contribution in [3.8, 4) is 5.75 Å². The maximum absolute atomic E-state index is 10.4. The lowest BCUT2D eigenvalue weighted by molar-refractivity contribution is 0.218. The minimum absolute atomic E-state index is 0.649. The Morgan fingerprint density at radius 1 is 1.22 bits per heavy atom. The van der Waals surface area contributed by atoms with Crippen molar-refractivity contribution in [1.82, 2.24) is 9.78 Å². The quantitative estimate of drug-likeness (QED) is 0.902. The summed E-state index contributed by atoms with van der Waals surface area (Å²) in [6.45, 7) is 3.87. The molecule has 1 aromatic carbocycles. The van der Waals surface area contributed by atoms with Gasteiger partial charge in [-0.05, 0) is 31.5 Å². The van der Waals surface area contributed by atoms with Crippen molar-refractivity contribution in [3.63, 3.8) is 0 Å². The highest BCUT2D eigenvalue weighted by Crippen LogP contribution is 2.28. The fourth-order valence-corrected chi connectivity index (χ4v) is 2.14. The molecule has 4 nitrogen and oxygen atoms in total. The number of benzene rings is 1. The molecule has 0 aliphatic heterocycles. The maximum atomic E-state index is 10.4. The van der Waals surface area contributed by atoms with Gasteiger partial charge < -0.3 is 9.84 Å².